The van der Waals surface area contributed by atoms with Gasteiger partial charge in [0.1, 0.15) is 0 Å². The lowest BCUT2D eigenvalue weighted by Gasteiger charge is -2.23. The molecule has 0 aliphatic carbocycles. The summed E-state index contributed by atoms with van der Waals surface area (Å²) in [6.07, 6.45) is -2.12. The number of aryl methyl sites for hydroxylation is 1. The van der Waals surface area contributed by atoms with Crippen LogP contribution in [0.1, 0.15) is 31.4 Å². The zero-order chi connectivity index (χ0) is 11.5. The molecule has 0 aromatic heterocycles. The quantitative estimate of drug-likeness (QED) is 0.816. The fraction of sp³-hybridized carbons (Fsp3) is 0.500. The molecule has 3 heteroatoms. The molecule has 1 atom stereocenters. The average molecular weight is 214 g/mol. The fourth-order valence-electron chi connectivity index (χ4n) is 1.52. The molecule has 15 heavy (non-hydrogen) atoms. The number of rotatable bonds is 4. The molecular weight excluding hydrogens is 198 g/mol. The monoisotopic (exact) mass is 214 g/mol. The van der Waals surface area contributed by atoms with Crippen molar-refractivity contribution in [2.45, 2.75) is 38.7 Å². The summed E-state index contributed by atoms with van der Waals surface area (Å²) >= 11 is 0. The lowest BCUT2D eigenvalue weighted by atomic mass is 9.92. The van der Waals surface area contributed by atoms with Gasteiger partial charge in [0.05, 0.1) is 5.60 Å². The zero-order valence-electron chi connectivity index (χ0n) is 9.00. The average Bonchev–Trinajstić information content (AvgIpc) is 2.16. The molecule has 0 spiro atoms. The predicted octanol–water partition coefficient (Wildman–Crippen LogP) is 3.11. The van der Waals surface area contributed by atoms with E-state index in [0.29, 0.717) is 5.56 Å². The van der Waals surface area contributed by atoms with Gasteiger partial charge < -0.3 is 5.11 Å². The van der Waals surface area contributed by atoms with Gasteiger partial charge in [0.2, 0.25) is 6.43 Å². The standard InChI is InChI=1S/C12H16F2O/c1-3-9-4-6-10(7-5-9)12(2,15)8-11(13)14/h4-7,11,15H,3,8H2,1-2H3. The first-order valence-corrected chi connectivity index (χ1v) is 5.05. The van der Waals surface area contributed by atoms with E-state index >= 15 is 0 Å². The van der Waals surface area contributed by atoms with Crippen molar-refractivity contribution in [3.63, 3.8) is 0 Å². The second-order valence-electron chi connectivity index (χ2n) is 3.92. The highest BCUT2D eigenvalue weighted by atomic mass is 19.3. The molecule has 0 saturated heterocycles. The Morgan fingerprint density at radius 3 is 2.20 bits per heavy atom. The summed E-state index contributed by atoms with van der Waals surface area (Å²) in [6.45, 7) is 3.44. The van der Waals surface area contributed by atoms with Crippen LogP contribution in [0.5, 0.6) is 0 Å². The Morgan fingerprint density at radius 2 is 1.80 bits per heavy atom. The summed E-state index contributed by atoms with van der Waals surface area (Å²) in [7, 11) is 0. The third-order valence-electron chi connectivity index (χ3n) is 2.54. The molecule has 1 aromatic carbocycles. The van der Waals surface area contributed by atoms with Crippen molar-refractivity contribution >= 4 is 0 Å². The highest BCUT2D eigenvalue weighted by Gasteiger charge is 2.27. The number of alkyl halides is 2. The highest BCUT2D eigenvalue weighted by molar-refractivity contribution is 5.26. The molecule has 1 unspecified atom stereocenters. The summed E-state index contributed by atoms with van der Waals surface area (Å²) in [4.78, 5) is 0. The van der Waals surface area contributed by atoms with E-state index in [1.165, 1.54) is 6.92 Å². The Morgan fingerprint density at radius 1 is 1.27 bits per heavy atom. The van der Waals surface area contributed by atoms with E-state index in [2.05, 4.69) is 0 Å². The van der Waals surface area contributed by atoms with Gasteiger partial charge in [-0.2, -0.15) is 0 Å². The molecule has 0 aliphatic rings. The topological polar surface area (TPSA) is 20.2 Å². The molecule has 1 nitrogen and oxygen atoms in total. The molecule has 1 aromatic rings. The smallest absolute Gasteiger partial charge is 0.241 e. The number of hydrogen-bond donors (Lipinski definition) is 1. The second kappa shape index (κ2) is 4.71. The number of aliphatic hydroxyl groups is 1. The van der Waals surface area contributed by atoms with Crippen molar-refractivity contribution in [3.8, 4) is 0 Å². The Kier molecular flexibility index (Phi) is 3.80. The van der Waals surface area contributed by atoms with Crippen LogP contribution in [0.25, 0.3) is 0 Å². The van der Waals surface area contributed by atoms with Crippen molar-refractivity contribution in [2.75, 3.05) is 0 Å². The van der Waals surface area contributed by atoms with Crippen LogP contribution in [0, 0.1) is 0 Å². The molecule has 0 fully saturated rings. The maximum atomic E-state index is 12.2. The van der Waals surface area contributed by atoms with Crippen LogP contribution in [0.2, 0.25) is 0 Å². The van der Waals surface area contributed by atoms with Gasteiger partial charge in [-0.15, -0.1) is 0 Å². The summed E-state index contributed by atoms with van der Waals surface area (Å²) in [5.74, 6) is 0. The first-order chi connectivity index (χ1) is 6.95. The largest absolute Gasteiger partial charge is 0.385 e. The van der Waals surface area contributed by atoms with Crippen LogP contribution < -0.4 is 0 Å². The lowest BCUT2D eigenvalue weighted by Crippen LogP contribution is -2.24. The van der Waals surface area contributed by atoms with Crippen LogP contribution in [-0.2, 0) is 12.0 Å². The van der Waals surface area contributed by atoms with Crippen LogP contribution >= 0.6 is 0 Å². The first-order valence-electron chi connectivity index (χ1n) is 5.05. The summed E-state index contributed by atoms with van der Waals surface area (Å²) < 4.78 is 24.4. The molecule has 1 rings (SSSR count). The van der Waals surface area contributed by atoms with Crippen molar-refractivity contribution in [3.05, 3.63) is 35.4 Å². The van der Waals surface area contributed by atoms with Crippen molar-refractivity contribution < 1.29 is 13.9 Å². The van der Waals surface area contributed by atoms with E-state index in [-0.39, 0.29) is 0 Å². The van der Waals surface area contributed by atoms with Gasteiger partial charge in [-0.05, 0) is 24.5 Å². The molecule has 0 bridgehead atoms. The van der Waals surface area contributed by atoms with Crippen LogP contribution in [0.15, 0.2) is 24.3 Å². The second-order valence-corrected chi connectivity index (χ2v) is 3.92. The van der Waals surface area contributed by atoms with Gasteiger partial charge >= 0.3 is 0 Å². The van der Waals surface area contributed by atoms with Crippen LogP contribution in [0.4, 0.5) is 8.78 Å². The van der Waals surface area contributed by atoms with Crippen molar-refractivity contribution in [1.82, 2.24) is 0 Å². The minimum Gasteiger partial charge on any atom is -0.385 e. The summed E-state index contributed by atoms with van der Waals surface area (Å²) in [5.41, 5.74) is 0.229. The summed E-state index contributed by atoms with van der Waals surface area (Å²) in [6, 6.07) is 7.13. The maximum absolute atomic E-state index is 12.2. The third-order valence-corrected chi connectivity index (χ3v) is 2.54. The molecule has 0 radical (unpaired) electrons. The SMILES string of the molecule is CCc1ccc(C(C)(O)CC(F)F)cc1. The Bertz CT molecular complexity index is 304. The van der Waals surface area contributed by atoms with Crippen molar-refractivity contribution in [1.29, 1.82) is 0 Å². The highest BCUT2D eigenvalue weighted by Crippen LogP contribution is 2.27. The normalized spacial score (nSPS) is 15.3. The van der Waals surface area contributed by atoms with Crippen molar-refractivity contribution in [2.24, 2.45) is 0 Å². The van der Waals surface area contributed by atoms with Gasteiger partial charge in [-0.25, -0.2) is 8.78 Å². The predicted molar refractivity (Wildman–Crippen MR) is 56.0 cm³/mol. The van der Waals surface area contributed by atoms with E-state index in [1.807, 2.05) is 19.1 Å². The number of hydrogen-bond acceptors (Lipinski definition) is 1. The van der Waals surface area contributed by atoms with Gasteiger partial charge in [-0.3, -0.25) is 0 Å². The molecule has 0 amide bonds. The van der Waals surface area contributed by atoms with Gasteiger partial charge in [0, 0.05) is 6.42 Å². The lowest BCUT2D eigenvalue weighted by molar-refractivity contribution is -0.0124. The van der Waals surface area contributed by atoms with E-state index < -0.39 is 18.4 Å². The molecule has 0 heterocycles. The van der Waals surface area contributed by atoms with E-state index in [0.717, 1.165) is 12.0 Å². The maximum Gasteiger partial charge on any atom is 0.241 e. The fourth-order valence-corrected chi connectivity index (χ4v) is 1.52. The Labute approximate surface area is 88.7 Å². The Hall–Kier alpha value is -0.960. The molecule has 84 valence electrons. The van der Waals surface area contributed by atoms with E-state index in [1.54, 1.807) is 12.1 Å². The minimum absolute atomic E-state index is 0.529. The van der Waals surface area contributed by atoms with Gasteiger partial charge in [-0.1, -0.05) is 31.2 Å². The Balaban J connectivity index is 2.85. The molecule has 0 aliphatic heterocycles. The third kappa shape index (κ3) is 3.27. The minimum atomic E-state index is -2.49. The molecular formula is C12H16F2O. The van der Waals surface area contributed by atoms with Crippen LogP contribution in [0.3, 0.4) is 0 Å². The molecule has 1 N–H and O–H groups in total. The van der Waals surface area contributed by atoms with E-state index in [9.17, 15) is 13.9 Å². The molecule has 0 saturated carbocycles. The van der Waals surface area contributed by atoms with Gasteiger partial charge in [0.25, 0.3) is 0 Å². The zero-order valence-corrected chi connectivity index (χ0v) is 9.00. The summed E-state index contributed by atoms with van der Waals surface area (Å²) in [5, 5.41) is 9.84. The van der Waals surface area contributed by atoms with Crippen LogP contribution in [-0.4, -0.2) is 11.5 Å². The number of benzene rings is 1. The number of halogens is 2. The van der Waals surface area contributed by atoms with Gasteiger partial charge in [0.15, 0.2) is 0 Å². The first kappa shape index (κ1) is 12.1. The van der Waals surface area contributed by atoms with E-state index in [4.69, 9.17) is 0 Å².